The summed E-state index contributed by atoms with van der Waals surface area (Å²) in [6.45, 7) is 0. The van der Waals surface area contributed by atoms with Crippen molar-refractivity contribution in [2.45, 2.75) is 12.0 Å². The number of benzene rings is 3. The summed E-state index contributed by atoms with van der Waals surface area (Å²) in [4.78, 5) is 20.8. The van der Waals surface area contributed by atoms with Crippen molar-refractivity contribution < 1.29 is 9.53 Å². The molecular formula is C29H28Cl2N4O2. The number of hydrogen-bond donors (Lipinski definition) is 3. The number of ether oxygens (including phenoxy) is 1. The van der Waals surface area contributed by atoms with Gasteiger partial charge in [0, 0.05) is 34.9 Å². The van der Waals surface area contributed by atoms with E-state index in [0.29, 0.717) is 11.6 Å². The summed E-state index contributed by atoms with van der Waals surface area (Å²) in [5, 5.41) is 4.00. The van der Waals surface area contributed by atoms with E-state index in [9.17, 15) is 4.79 Å². The van der Waals surface area contributed by atoms with Crippen molar-refractivity contribution in [2.75, 3.05) is 12.4 Å². The van der Waals surface area contributed by atoms with Crippen LogP contribution in [0.2, 0.25) is 0 Å². The normalized spacial score (nSPS) is 11.3. The lowest BCUT2D eigenvalue weighted by atomic mass is 9.85. The number of anilines is 1. The van der Waals surface area contributed by atoms with Gasteiger partial charge in [-0.1, -0.05) is 72.8 Å². The summed E-state index contributed by atoms with van der Waals surface area (Å²) < 4.78 is 5.34. The van der Waals surface area contributed by atoms with E-state index in [0.717, 1.165) is 33.2 Å². The molecule has 0 aliphatic rings. The second kappa shape index (κ2) is 12.4. The van der Waals surface area contributed by atoms with E-state index in [1.807, 2.05) is 97.2 Å². The van der Waals surface area contributed by atoms with Crippen LogP contribution in [0.15, 0.2) is 103 Å². The molecule has 1 amide bonds. The minimum absolute atomic E-state index is 0. The number of nitrogens with two attached hydrogens (primary N) is 1. The highest BCUT2D eigenvalue weighted by atomic mass is 35.5. The van der Waals surface area contributed by atoms with Gasteiger partial charge in [0.15, 0.2) is 0 Å². The molecule has 0 spiro atoms. The fourth-order valence-electron chi connectivity index (χ4n) is 4.45. The molecule has 6 nitrogen and oxygen atoms in total. The van der Waals surface area contributed by atoms with E-state index in [2.05, 4.69) is 15.3 Å². The summed E-state index contributed by atoms with van der Waals surface area (Å²) in [5.41, 5.74) is 12.0. The Balaban J connectivity index is 0.00000190. The molecule has 8 heteroatoms. The van der Waals surface area contributed by atoms with Gasteiger partial charge in [-0.05, 0) is 34.9 Å². The highest BCUT2D eigenvalue weighted by molar-refractivity contribution is 5.98. The van der Waals surface area contributed by atoms with Gasteiger partial charge in [0.2, 0.25) is 11.8 Å². The van der Waals surface area contributed by atoms with Gasteiger partial charge in [-0.3, -0.25) is 4.79 Å². The third kappa shape index (κ3) is 5.78. The number of halogens is 2. The second-order valence-electron chi connectivity index (χ2n) is 8.34. The topological polar surface area (TPSA) is 93.0 Å². The molecule has 0 saturated heterocycles. The quantitative estimate of drug-likeness (QED) is 0.232. The van der Waals surface area contributed by atoms with Crippen LogP contribution < -0.4 is 15.8 Å². The van der Waals surface area contributed by atoms with Crippen LogP contribution in [0.25, 0.3) is 22.0 Å². The highest BCUT2D eigenvalue weighted by Crippen LogP contribution is 2.33. The number of nitrogens with one attached hydrogen (secondary N) is 2. The zero-order chi connectivity index (χ0) is 24.2. The molecule has 0 aliphatic carbocycles. The molecule has 0 fully saturated rings. The molecule has 1 atom stereocenters. The SMILES string of the molecule is COc1ncc(-c2ccc(NC(=O)[C@@H](N)C(c3ccccc3)c3ccccc3)cc2)c2cc[nH]c12.Cl.Cl. The van der Waals surface area contributed by atoms with Crippen LogP contribution in [0.5, 0.6) is 5.88 Å². The van der Waals surface area contributed by atoms with Crippen LogP contribution in [-0.4, -0.2) is 29.0 Å². The number of carbonyl (C=O) groups excluding carboxylic acids is 1. The highest BCUT2D eigenvalue weighted by Gasteiger charge is 2.27. The summed E-state index contributed by atoms with van der Waals surface area (Å²) in [6.07, 6.45) is 3.66. The first-order valence-corrected chi connectivity index (χ1v) is 11.4. The smallest absolute Gasteiger partial charge is 0.242 e. The number of carbonyl (C=O) groups is 1. The van der Waals surface area contributed by atoms with Crippen molar-refractivity contribution in [1.82, 2.24) is 9.97 Å². The molecule has 3 aromatic carbocycles. The van der Waals surface area contributed by atoms with Crippen LogP contribution in [-0.2, 0) is 4.79 Å². The van der Waals surface area contributed by atoms with Gasteiger partial charge in [0.25, 0.3) is 0 Å². The molecule has 0 unspecified atom stereocenters. The van der Waals surface area contributed by atoms with Crippen LogP contribution in [0, 0.1) is 0 Å². The average molecular weight is 535 g/mol. The zero-order valence-electron chi connectivity index (χ0n) is 20.1. The van der Waals surface area contributed by atoms with Crippen molar-refractivity contribution in [1.29, 1.82) is 0 Å². The van der Waals surface area contributed by atoms with Gasteiger partial charge in [-0.25, -0.2) is 4.98 Å². The summed E-state index contributed by atoms with van der Waals surface area (Å²) in [5.74, 6) is 0.0523. The van der Waals surface area contributed by atoms with E-state index in [1.54, 1.807) is 13.3 Å². The molecule has 37 heavy (non-hydrogen) atoms. The molecule has 2 heterocycles. The van der Waals surface area contributed by atoms with E-state index >= 15 is 0 Å². The third-order valence-electron chi connectivity index (χ3n) is 6.20. The van der Waals surface area contributed by atoms with Crippen molar-refractivity contribution in [3.05, 3.63) is 115 Å². The minimum atomic E-state index is -0.759. The predicted octanol–water partition coefficient (Wildman–Crippen LogP) is 6.18. The number of aromatic nitrogens is 2. The molecule has 4 N–H and O–H groups in total. The molecular weight excluding hydrogens is 507 g/mol. The van der Waals surface area contributed by atoms with Crippen LogP contribution >= 0.6 is 24.8 Å². The van der Waals surface area contributed by atoms with Crippen molar-refractivity contribution >= 4 is 47.3 Å². The maximum absolute atomic E-state index is 13.2. The number of rotatable bonds is 7. The Kier molecular flexibility index (Phi) is 9.31. The lowest BCUT2D eigenvalue weighted by Crippen LogP contribution is -2.41. The Hall–Kier alpha value is -3.84. The Labute approximate surface area is 228 Å². The first kappa shape index (κ1) is 27.7. The van der Waals surface area contributed by atoms with Crippen LogP contribution in [0.1, 0.15) is 17.0 Å². The van der Waals surface area contributed by atoms with E-state index in [4.69, 9.17) is 10.5 Å². The fourth-order valence-corrected chi connectivity index (χ4v) is 4.45. The molecule has 5 aromatic rings. The monoisotopic (exact) mass is 534 g/mol. The number of fused-ring (bicyclic) bond motifs is 1. The molecule has 190 valence electrons. The van der Waals surface area contributed by atoms with Gasteiger partial charge in [0.1, 0.15) is 5.52 Å². The van der Waals surface area contributed by atoms with E-state index in [1.165, 1.54) is 0 Å². The third-order valence-corrected chi connectivity index (χ3v) is 6.20. The molecule has 2 aromatic heterocycles. The van der Waals surface area contributed by atoms with Crippen molar-refractivity contribution in [3.63, 3.8) is 0 Å². The molecule has 0 aliphatic heterocycles. The van der Waals surface area contributed by atoms with Crippen LogP contribution in [0.3, 0.4) is 0 Å². The number of methoxy groups -OCH3 is 1. The maximum atomic E-state index is 13.2. The summed E-state index contributed by atoms with van der Waals surface area (Å²) in [6, 6.07) is 28.7. The molecule has 0 saturated carbocycles. The lowest BCUT2D eigenvalue weighted by molar-refractivity contribution is -0.117. The second-order valence-corrected chi connectivity index (χ2v) is 8.34. The minimum Gasteiger partial charge on any atom is -0.479 e. The first-order chi connectivity index (χ1) is 17.2. The number of hydrogen-bond acceptors (Lipinski definition) is 4. The van der Waals surface area contributed by atoms with E-state index < -0.39 is 6.04 Å². The summed E-state index contributed by atoms with van der Waals surface area (Å²) >= 11 is 0. The number of amides is 1. The van der Waals surface area contributed by atoms with Crippen LogP contribution in [0.4, 0.5) is 5.69 Å². The number of nitrogens with zero attached hydrogens (tertiary/aromatic N) is 1. The van der Waals surface area contributed by atoms with Gasteiger partial charge >= 0.3 is 0 Å². The van der Waals surface area contributed by atoms with Gasteiger partial charge in [-0.15, -0.1) is 24.8 Å². The Morgan fingerprint density at radius 3 is 2.05 bits per heavy atom. The first-order valence-electron chi connectivity index (χ1n) is 11.4. The van der Waals surface area contributed by atoms with Crippen molar-refractivity contribution in [2.24, 2.45) is 5.73 Å². The largest absolute Gasteiger partial charge is 0.479 e. The molecule has 0 bridgehead atoms. The average Bonchev–Trinajstić information content (AvgIpc) is 3.40. The van der Waals surface area contributed by atoms with E-state index in [-0.39, 0.29) is 36.6 Å². The molecule has 5 rings (SSSR count). The Morgan fingerprint density at radius 1 is 0.892 bits per heavy atom. The van der Waals surface area contributed by atoms with Gasteiger partial charge in [0.05, 0.1) is 13.2 Å². The lowest BCUT2D eigenvalue weighted by Gasteiger charge is -2.24. The maximum Gasteiger partial charge on any atom is 0.242 e. The molecule has 0 radical (unpaired) electrons. The zero-order valence-corrected chi connectivity index (χ0v) is 21.8. The number of aromatic amines is 1. The van der Waals surface area contributed by atoms with Gasteiger partial charge in [-0.2, -0.15) is 0 Å². The Bertz CT molecular complexity index is 1400. The standard InChI is InChI=1S/C29H26N4O2.2ClH/c1-35-29-27-23(16-17-31-27)24(18-32-29)19-12-14-22(15-13-19)33-28(34)26(30)25(20-8-4-2-5-9-20)21-10-6-3-7-11-21;;/h2-18,25-26,31H,30H2,1H3,(H,33,34);2*1H/t26-;;/m0../s1. The van der Waals surface area contributed by atoms with Gasteiger partial charge < -0.3 is 20.8 Å². The summed E-state index contributed by atoms with van der Waals surface area (Å²) in [7, 11) is 1.60. The number of H-pyrrole nitrogens is 1. The fraction of sp³-hybridized carbons (Fsp3) is 0.103. The Morgan fingerprint density at radius 2 is 1.49 bits per heavy atom. The predicted molar refractivity (Wildman–Crippen MR) is 154 cm³/mol. The number of pyridine rings is 1. The van der Waals surface area contributed by atoms with Crippen molar-refractivity contribution in [3.8, 4) is 17.0 Å².